The summed E-state index contributed by atoms with van der Waals surface area (Å²) in [6, 6.07) is 23.5. The Bertz CT molecular complexity index is 934. The van der Waals surface area contributed by atoms with Gasteiger partial charge in [-0.25, -0.2) is 9.59 Å². The highest BCUT2D eigenvalue weighted by atomic mass is 16.6. The van der Waals surface area contributed by atoms with Crippen molar-refractivity contribution in [1.82, 2.24) is 0 Å². The molecule has 0 unspecified atom stereocenters. The Morgan fingerprint density at radius 1 is 0.852 bits per heavy atom. The fourth-order valence-electron chi connectivity index (χ4n) is 2.55. The molecule has 136 valence electrons. The Hall–Kier alpha value is -3.60. The maximum Gasteiger partial charge on any atom is 0.349 e. The van der Waals surface area contributed by atoms with Crippen LogP contribution in [-0.4, -0.2) is 25.7 Å². The van der Waals surface area contributed by atoms with Crippen molar-refractivity contribution >= 4 is 11.9 Å². The number of methoxy groups -OCH3 is 1. The van der Waals surface area contributed by atoms with Crippen LogP contribution in [0.2, 0.25) is 0 Å². The van der Waals surface area contributed by atoms with Crippen LogP contribution in [-0.2, 0) is 9.53 Å². The molecule has 3 aromatic rings. The van der Waals surface area contributed by atoms with E-state index in [0.29, 0.717) is 11.3 Å². The topological polar surface area (TPSA) is 61.8 Å². The van der Waals surface area contributed by atoms with Crippen LogP contribution < -0.4 is 9.47 Å². The van der Waals surface area contributed by atoms with Crippen LogP contribution >= 0.6 is 0 Å². The minimum Gasteiger partial charge on any atom is -0.481 e. The molecule has 0 N–H and O–H groups in total. The number of benzene rings is 3. The van der Waals surface area contributed by atoms with Crippen LogP contribution in [0, 0.1) is 0 Å². The molecule has 0 radical (unpaired) electrons. The van der Waals surface area contributed by atoms with Crippen molar-refractivity contribution in [3.8, 4) is 22.6 Å². The Balaban J connectivity index is 1.66. The second-order valence-electron chi connectivity index (χ2n) is 5.64. The molecule has 0 aliphatic rings. The first-order valence-corrected chi connectivity index (χ1v) is 8.33. The number of carbonyl (C=O) groups excluding carboxylic acids is 2. The van der Waals surface area contributed by atoms with E-state index >= 15 is 0 Å². The Labute approximate surface area is 157 Å². The number of esters is 2. The second-order valence-corrected chi connectivity index (χ2v) is 5.64. The Morgan fingerprint density at radius 2 is 1.59 bits per heavy atom. The average Bonchev–Trinajstić information content (AvgIpc) is 2.72. The highest BCUT2D eigenvalue weighted by Crippen LogP contribution is 2.29. The van der Waals surface area contributed by atoms with Gasteiger partial charge in [-0.15, -0.1) is 0 Å². The van der Waals surface area contributed by atoms with Gasteiger partial charge in [-0.3, -0.25) is 0 Å². The summed E-state index contributed by atoms with van der Waals surface area (Å²) in [7, 11) is 1.29. The van der Waals surface area contributed by atoms with Gasteiger partial charge in [0.05, 0.1) is 12.7 Å². The molecular weight excluding hydrogens is 344 g/mol. The Kier molecular flexibility index (Phi) is 5.84. The van der Waals surface area contributed by atoms with Gasteiger partial charge in [-0.2, -0.15) is 0 Å². The van der Waals surface area contributed by atoms with Gasteiger partial charge in [0.1, 0.15) is 11.5 Å². The molecule has 0 saturated carbocycles. The summed E-state index contributed by atoms with van der Waals surface area (Å²) < 4.78 is 15.6. The summed E-state index contributed by atoms with van der Waals surface area (Å²) in [5.74, 6) is -0.229. The van der Waals surface area contributed by atoms with Gasteiger partial charge in [0, 0.05) is 5.56 Å². The number of rotatable bonds is 6. The molecule has 0 aromatic heterocycles. The molecular formula is C22H18O5. The van der Waals surface area contributed by atoms with E-state index in [1.165, 1.54) is 13.2 Å². The summed E-state index contributed by atoms with van der Waals surface area (Å²) in [6.45, 7) is -0.258. The fourth-order valence-corrected chi connectivity index (χ4v) is 2.55. The van der Waals surface area contributed by atoms with Crippen LogP contribution in [0.1, 0.15) is 10.4 Å². The highest BCUT2D eigenvalue weighted by Gasteiger charge is 2.12. The number of hydrogen-bond acceptors (Lipinski definition) is 5. The third-order valence-corrected chi connectivity index (χ3v) is 3.80. The molecule has 27 heavy (non-hydrogen) atoms. The van der Waals surface area contributed by atoms with Crippen molar-refractivity contribution in [1.29, 1.82) is 0 Å². The van der Waals surface area contributed by atoms with E-state index in [2.05, 4.69) is 4.74 Å². The molecule has 0 amide bonds. The monoisotopic (exact) mass is 362 g/mol. The first kappa shape index (κ1) is 18.2. The van der Waals surface area contributed by atoms with E-state index < -0.39 is 11.9 Å². The maximum atomic E-state index is 12.1. The smallest absolute Gasteiger partial charge is 0.349 e. The highest BCUT2D eigenvalue weighted by molar-refractivity contribution is 5.90. The Morgan fingerprint density at radius 3 is 2.37 bits per heavy atom. The largest absolute Gasteiger partial charge is 0.481 e. The van der Waals surface area contributed by atoms with E-state index in [9.17, 15) is 9.59 Å². The lowest BCUT2D eigenvalue weighted by molar-refractivity contribution is -0.136. The van der Waals surface area contributed by atoms with E-state index in [0.717, 1.165) is 11.1 Å². The second kappa shape index (κ2) is 8.67. The first-order valence-electron chi connectivity index (χ1n) is 8.33. The molecule has 0 fully saturated rings. The molecule has 0 heterocycles. The van der Waals surface area contributed by atoms with Gasteiger partial charge >= 0.3 is 11.9 Å². The molecule has 3 rings (SSSR count). The van der Waals surface area contributed by atoms with E-state index in [1.807, 2.05) is 48.5 Å². The zero-order valence-corrected chi connectivity index (χ0v) is 14.8. The standard InChI is InChI=1S/C22H18O5/c1-25-22(24)17-10-7-11-18(14-17)27-21(23)15-26-20-13-6-5-12-19(20)16-8-3-2-4-9-16/h2-14H,15H2,1H3. The zero-order chi connectivity index (χ0) is 19.1. The van der Waals surface area contributed by atoms with Crippen LogP contribution in [0.5, 0.6) is 11.5 Å². The first-order chi connectivity index (χ1) is 13.2. The number of ether oxygens (including phenoxy) is 3. The molecule has 0 saturated heterocycles. The molecule has 0 aliphatic carbocycles. The summed E-state index contributed by atoms with van der Waals surface area (Å²) in [4.78, 5) is 23.7. The molecule has 3 aromatic carbocycles. The van der Waals surface area contributed by atoms with Gasteiger partial charge < -0.3 is 14.2 Å². The molecule has 0 aliphatic heterocycles. The lowest BCUT2D eigenvalue weighted by Crippen LogP contribution is -2.18. The van der Waals surface area contributed by atoms with Crippen LogP contribution in [0.15, 0.2) is 78.9 Å². The molecule has 0 atom stereocenters. The number of para-hydroxylation sites is 1. The number of hydrogen-bond donors (Lipinski definition) is 0. The summed E-state index contributed by atoms with van der Waals surface area (Å²) in [6.07, 6.45) is 0. The van der Waals surface area contributed by atoms with Crippen molar-refractivity contribution in [2.24, 2.45) is 0 Å². The average molecular weight is 362 g/mol. The van der Waals surface area contributed by atoms with Crippen molar-refractivity contribution in [2.45, 2.75) is 0 Å². The number of carbonyl (C=O) groups is 2. The third-order valence-electron chi connectivity index (χ3n) is 3.80. The minimum atomic E-state index is -0.570. The van der Waals surface area contributed by atoms with Gasteiger partial charge in [0.15, 0.2) is 6.61 Å². The summed E-state index contributed by atoms with van der Waals surface area (Å²) >= 11 is 0. The predicted octanol–water partition coefficient (Wildman–Crippen LogP) is 4.12. The van der Waals surface area contributed by atoms with Crippen LogP contribution in [0.25, 0.3) is 11.1 Å². The minimum absolute atomic E-state index is 0.253. The lowest BCUT2D eigenvalue weighted by atomic mass is 10.1. The molecule has 5 nitrogen and oxygen atoms in total. The molecule has 0 bridgehead atoms. The van der Waals surface area contributed by atoms with Crippen LogP contribution in [0.4, 0.5) is 0 Å². The van der Waals surface area contributed by atoms with E-state index in [4.69, 9.17) is 9.47 Å². The fraction of sp³-hybridized carbons (Fsp3) is 0.0909. The molecule has 0 spiro atoms. The van der Waals surface area contributed by atoms with Crippen molar-refractivity contribution in [3.05, 3.63) is 84.4 Å². The lowest BCUT2D eigenvalue weighted by Gasteiger charge is -2.11. The van der Waals surface area contributed by atoms with Gasteiger partial charge in [-0.1, -0.05) is 54.6 Å². The van der Waals surface area contributed by atoms with E-state index in [-0.39, 0.29) is 12.4 Å². The zero-order valence-electron chi connectivity index (χ0n) is 14.8. The van der Waals surface area contributed by atoms with Gasteiger partial charge in [0.25, 0.3) is 0 Å². The maximum absolute atomic E-state index is 12.1. The van der Waals surface area contributed by atoms with Crippen LogP contribution in [0.3, 0.4) is 0 Å². The van der Waals surface area contributed by atoms with Crippen molar-refractivity contribution in [3.63, 3.8) is 0 Å². The molecule has 5 heteroatoms. The van der Waals surface area contributed by atoms with Crippen molar-refractivity contribution < 1.29 is 23.8 Å². The predicted molar refractivity (Wildman–Crippen MR) is 101 cm³/mol. The van der Waals surface area contributed by atoms with Crippen molar-refractivity contribution in [2.75, 3.05) is 13.7 Å². The summed E-state index contributed by atoms with van der Waals surface area (Å²) in [5, 5.41) is 0. The van der Waals surface area contributed by atoms with Gasteiger partial charge in [-0.05, 0) is 29.8 Å². The van der Waals surface area contributed by atoms with E-state index in [1.54, 1.807) is 24.3 Å². The SMILES string of the molecule is COC(=O)c1cccc(OC(=O)COc2ccccc2-c2ccccc2)c1. The summed E-state index contributed by atoms with van der Waals surface area (Å²) in [5.41, 5.74) is 2.18. The van der Waals surface area contributed by atoms with Gasteiger partial charge in [0.2, 0.25) is 0 Å². The third kappa shape index (κ3) is 4.73. The quantitative estimate of drug-likeness (QED) is 0.487. The normalized spacial score (nSPS) is 10.1.